The Labute approximate surface area is 187 Å². The molecule has 1 N–H and O–H groups in total. The Morgan fingerprint density at radius 1 is 1.03 bits per heavy atom. The third-order valence-corrected chi connectivity index (χ3v) is 6.90. The van der Waals surface area contributed by atoms with Crippen molar-refractivity contribution in [2.75, 3.05) is 46.7 Å². The molecule has 0 radical (unpaired) electrons. The Bertz CT molecular complexity index is 1100. The lowest BCUT2D eigenvalue weighted by Gasteiger charge is -2.24. The molecule has 1 aromatic heterocycles. The van der Waals surface area contributed by atoms with Crippen molar-refractivity contribution in [3.8, 4) is 11.5 Å². The van der Waals surface area contributed by atoms with E-state index >= 15 is 0 Å². The van der Waals surface area contributed by atoms with Crippen LogP contribution in [0.2, 0.25) is 0 Å². The van der Waals surface area contributed by atoms with Crippen LogP contribution in [0.5, 0.6) is 11.5 Å². The number of piperidine rings is 1. The molecular formula is C21H27N3O7S. The van der Waals surface area contributed by atoms with Gasteiger partial charge in [-0.3, -0.25) is 9.59 Å². The Kier molecular flexibility index (Phi) is 7.09. The standard InChI is InChI=1S/C21H27N3O7S/c1-23(2)21(26)14-12-17(29-3)18(30-4)13-15(14)22-20(25)16-8-9-19(31-16)32(27,28)24-10-6-5-7-11-24/h8-9,12-13H,5-7,10-11H2,1-4H3,(H,22,25). The average molecular weight is 466 g/mol. The fraction of sp³-hybridized carbons (Fsp3) is 0.429. The molecule has 0 aliphatic carbocycles. The van der Waals surface area contributed by atoms with Gasteiger partial charge >= 0.3 is 0 Å². The molecule has 174 valence electrons. The van der Waals surface area contributed by atoms with E-state index in [9.17, 15) is 18.0 Å². The van der Waals surface area contributed by atoms with Gasteiger partial charge < -0.3 is 24.1 Å². The number of carbonyl (C=O) groups is 2. The number of sulfonamides is 1. The third kappa shape index (κ3) is 4.73. The van der Waals surface area contributed by atoms with Crippen LogP contribution in [0.4, 0.5) is 5.69 Å². The van der Waals surface area contributed by atoms with Crippen LogP contribution in [0, 0.1) is 0 Å². The van der Waals surface area contributed by atoms with Crippen LogP contribution in [0.25, 0.3) is 0 Å². The SMILES string of the molecule is COc1cc(NC(=O)c2ccc(S(=O)(=O)N3CCCCC3)o2)c(C(=O)N(C)C)cc1OC. The van der Waals surface area contributed by atoms with Gasteiger partial charge in [0.2, 0.25) is 5.09 Å². The van der Waals surface area contributed by atoms with Gasteiger partial charge in [0, 0.05) is 33.3 Å². The van der Waals surface area contributed by atoms with E-state index in [1.807, 2.05) is 0 Å². The summed E-state index contributed by atoms with van der Waals surface area (Å²) >= 11 is 0. The number of nitrogens with one attached hydrogen (secondary N) is 1. The van der Waals surface area contributed by atoms with E-state index in [2.05, 4.69) is 5.32 Å². The molecule has 1 fully saturated rings. The van der Waals surface area contributed by atoms with Crippen LogP contribution in [0.1, 0.15) is 40.2 Å². The molecule has 0 bridgehead atoms. The Hall–Kier alpha value is -3.05. The molecule has 10 nitrogen and oxygen atoms in total. The first-order valence-electron chi connectivity index (χ1n) is 10.1. The van der Waals surface area contributed by atoms with E-state index in [0.29, 0.717) is 24.6 Å². The summed E-state index contributed by atoms with van der Waals surface area (Å²) in [6, 6.07) is 5.48. The van der Waals surface area contributed by atoms with Crippen molar-refractivity contribution >= 4 is 27.5 Å². The summed E-state index contributed by atoms with van der Waals surface area (Å²) in [5.74, 6) is -0.632. The highest BCUT2D eigenvalue weighted by Gasteiger charge is 2.30. The molecule has 11 heteroatoms. The fourth-order valence-corrected chi connectivity index (χ4v) is 4.83. The summed E-state index contributed by atoms with van der Waals surface area (Å²) in [6.07, 6.45) is 2.56. The number of carbonyl (C=O) groups excluding carboxylic acids is 2. The van der Waals surface area contributed by atoms with Gasteiger partial charge in [0.15, 0.2) is 17.3 Å². The van der Waals surface area contributed by atoms with Crippen LogP contribution < -0.4 is 14.8 Å². The normalized spacial score (nSPS) is 14.6. The lowest BCUT2D eigenvalue weighted by Crippen LogP contribution is -2.35. The second kappa shape index (κ2) is 9.61. The van der Waals surface area contributed by atoms with Gasteiger partial charge in [-0.2, -0.15) is 4.31 Å². The number of amides is 2. The summed E-state index contributed by atoms with van der Waals surface area (Å²) < 4.78 is 42.8. The lowest BCUT2D eigenvalue weighted by molar-refractivity contribution is 0.0828. The van der Waals surface area contributed by atoms with E-state index < -0.39 is 15.9 Å². The first kappa shape index (κ1) is 23.6. The first-order valence-corrected chi connectivity index (χ1v) is 11.5. The predicted octanol–water partition coefficient (Wildman–Crippen LogP) is 2.43. The maximum Gasteiger partial charge on any atom is 0.291 e. The smallest absolute Gasteiger partial charge is 0.291 e. The van der Waals surface area contributed by atoms with Gasteiger partial charge in [-0.15, -0.1) is 0 Å². The molecule has 1 saturated heterocycles. The summed E-state index contributed by atoms with van der Waals surface area (Å²) in [5.41, 5.74) is 0.344. The number of hydrogen-bond donors (Lipinski definition) is 1. The summed E-state index contributed by atoms with van der Waals surface area (Å²) in [6.45, 7) is 0.846. The zero-order chi connectivity index (χ0) is 23.5. The van der Waals surface area contributed by atoms with Crippen LogP contribution in [0.15, 0.2) is 33.8 Å². The van der Waals surface area contributed by atoms with Gasteiger partial charge in [0.05, 0.1) is 25.5 Å². The molecule has 0 spiro atoms. The van der Waals surface area contributed by atoms with Crippen LogP contribution in [-0.2, 0) is 10.0 Å². The van der Waals surface area contributed by atoms with E-state index in [1.165, 1.54) is 47.7 Å². The van der Waals surface area contributed by atoms with Crippen molar-refractivity contribution in [1.29, 1.82) is 0 Å². The molecule has 1 aliphatic heterocycles. The highest BCUT2D eigenvalue weighted by Crippen LogP contribution is 2.34. The fourth-order valence-electron chi connectivity index (χ4n) is 3.40. The minimum Gasteiger partial charge on any atom is -0.493 e. The maximum atomic E-state index is 12.8. The van der Waals surface area contributed by atoms with Crippen molar-refractivity contribution in [3.63, 3.8) is 0 Å². The molecule has 0 atom stereocenters. The molecular weight excluding hydrogens is 438 g/mol. The Morgan fingerprint density at radius 2 is 1.66 bits per heavy atom. The number of anilines is 1. The van der Waals surface area contributed by atoms with Gasteiger partial charge in [-0.1, -0.05) is 6.42 Å². The van der Waals surface area contributed by atoms with Gasteiger partial charge in [-0.25, -0.2) is 8.42 Å². The summed E-state index contributed by atoms with van der Waals surface area (Å²) in [5, 5.41) is 2.32. The molecule has 2 amide bonds. The molecule has 3 rings (SSSR count). The van der Waals surface area contributed by atoms with E-state index in [0.717, 1.165) is 19.3 Å². The monoisotopic (exact) mass is 465 g/mol. The van der Waals surface area contributed by atoms with Crippen molar-refractivity contribution in [3.05, 3.63) is 35.6 Å². The van der Waals surface area contributed by atoms with Gasteiger partial charge in [0.1, 0.15) is 0 Å². The summed E-state index contributed by atoms with van der Waals surface area (Å²) in [4.78, 5) is 26.8. The predicted molar refractivity (Wildman–Crippen MR) is 117 cm³/mol. The number of methoxy groups -OCH3 is 2. The number of ether oxygens (including phenoxy) is 2. The number of hydrogen-bond acceptors (Lipinski definition) is 7. The maximum absolute atomic E-state index is 12.8. The zero-order valence-corrected chi connectivity index (χ0v) is 19.3. The number of nitrogens with zero attached hydrogens (tertiary/aromatic N) is 2. The quantitative estimate of drug-likeness (QED) is 0.667. The number of benzene rings is 1. The zero-order valence-electron chi connectivity index (χ0n) is 18.5. The minimum atomic E-state index is -3.81. The topological polar surface area (TPSA) is 118 Å². The van der Waals surface area contributed by atoms with Crippen LogP contribution in [0.3, 0.4) is 0 Å². The van der Waals surface area contributed by atoms with Crippen LogP contribution >= 0.6 is 0 Å². The second-order valence-corrected chi connectivity index (χ2v) is 9.36. The largest absolute Gasteiger partial charge is 0.493 e. The second-order valence-electron chi connectivity index (χ2n) is 7.49. The van der Waals surface area contributed by atoms with E-state index in [1.54, 1.807) is 14.1 Å². The first-order chi connectivity index (χ1) is 15.2. The average Bonchev–Trinajstić information content (AvgIpc) is 3.30. The summed E-state index contributed by atoms with van der Waals surface area (Å²) in [7, 11) is 2.22. The molecule has 2 aromatic rings. The Morgan fingerprint density at radius 3 is 2.25 bits per heavy atom. The van der Waals surface area contributed by atoms with Crippen molar-refractivity contribution in [1.82, 2.24) is 9.21 Å². The van der Waals surface area contributed by atoms with Gasteiger partial charge in [0.25, 0.3) is 21.8 Å². The number of rotatable bonds is 7. The minimum absolute atomic E-state index is 0.170. The number of furan rings is 1. The van der Waals surface area contributed by atoms with Gasteiger partial charge in [-0.05, 0) is 31.0 Å². The molecule has 1 aliphatic rings. The Balaban J connectivity index is 1.89. The highest BCUT2D eigenvalue weighted by atomic mass is 32.2. The third-order valence-electron chi connectivity index (χ3n) is 5.12. The lowest BCUT2D eigenvalue weighted by atomic mass is 10.1. The van der Waals surface area contributed by atoms with E-state index in [-0.39, 0.29) is 28.0 Å². The van der Waals surface area contributed by atoms with Crippen LogP contribution in [-0.4, -0.2) is 70.8 Å². The molecule has 2 heterocycles. The molecule has 0 unspecified atom stereocenters. The van der Waals surface area contributed by atoms with Crippen molar-refractivity contribution < 1.29 is 31.9 Å². The molecule has 32 heavy (non-hydrogen) atoms. The van der Waals surface area contributed by atoms with Crippen molar-refractivity contribution in [2.45, 2.75) is 24.4 Å². The highest BCUT2D eigenvalue weighted by molar-refractivity contribution is 7.89. The van der Waals surface area contributed by atoms with E-state index in [4.69, 9.17) is 13.9 Å². The molecule has 1 aromatic carbocycles. The molecule has 0 saturated carbocycles. The van der Waals surface area contributed by atoms with Crippen molar-refractivity contribution in [2.24, 2.45) is 0 Å².